The van der Waals surface area contributed by atoms with Gasteiger partial charge in [0.25, 0.3) is 0 Å². The zero-order valence-corrected chi connectivity index (χ0v) is 10.3. The van der Waals surface area contributed by atoms with E-state index in [2.05, 4.69) is 58.2 Å². The molecular formula is C13H14BrN. The third-order valence-corrected chi connectivity index (χ3v) is 3.10. The van der Waals surface area contributed by atoms with Crippen molar-refractivity contribution >= 4 is 15.9 Å². The van der Waals surface area contributed by atoms with Gasteiger partial charge in [-0.25, -0.2) is 0 Å². The SMILES string of the molecule is Cc1cccc(Cc2cc[nH]c2CBr)c1. The minimum absolute atomic E-state index is 0.890. The van der Waals surface area contributed by atoms with Gasteiger partial charge in [-0.3, -0.25) is 0 Å². The topological polar surface area (TPSA) is 15.8 Å². The van der Waals surface area contributed by atoms with Crippen LogP contribution in [0.15, 0.2) is 36.5 Å². The van der Waals surface area contributed by atoms with Crippen molar-refractivity contribution in [1.82, 2.24) is 4.98 Å². The van der Waals surface area contributed by atoms with Gasteiger partial charge in [-0.2, -0.15) is 0 Å². The number of hydrogen-bond acceptors (Lipinski definition) is 0. The Hall–Kier alpha value is -1.02. The molecule has 1 N–H and O–H groups in total. The molecule has 0 aliphatic heterocycles. The first-order chi connectivity index (χ1) is 7.29. The van der Waals surface area contributed by atoms with Crippen molar-refractivity contribution in [2.45, 2.75) is 18.7 Å². The average Bonchev–Trinajstić information content (AvgIpc) is 2.65. The third kappa shape index (κ3) is 2.51. The van der Waals surface area contributed by atoms with Crippen molar-refractivity contribution in [3.8, 4) is 0 Å². The van der Waals surface area contributed by atoms with Crippen LogP contribution in [-0.4, -0.2) is 4.98 Å². The average molecular weight is 264 g/mol. The van der Waals surface area contributed by atoms with Crippen LogP contribution in [0.5, 0.6) is 0 Å². The predicted octanol–water partition coefficient (Wildman–Crippen LogP) is 3.81. The maximum Gasteiger partial charge on any atom is 0.0437 e. The molecule has 0 unspecified atom stereocenters. The number of hydrogen-bond donors (Lipinski definition) is 1. The molecule has 1 aromatic heterocycles. The van der Waals surface area contributed by atoms with Crippen LogP contribution in [0.1, 0.15) is 22.4 Å². The molecule has 2 aromatic rings. The quantitative estimate of drug-likeness (QED) is 0.811. The summed E-state index contributed by atoms with van der Waals surface area (Å²) in [7, 11) is 0. The number of alkyl halides is 1. The van der Waals surface area contributed by atoms with Gasteiger partial charge in [0.05, 0.1) is 0 Å². The molecule has 0 fully saturated rings. The largest absolute Gasteiger partial charge is 0.364 e. The molecule has 0 bridgehead atoms. The van der Waals surface area contributed by atoms with Crippen LogP contribution in [-0.2, 0) is 11.8 Å². The van der Waals surface area contributed by atoms with Crippen molar-refractivity contribution in [3.05, 3.63) is 58.9 Å². The van der Waals surface area contributed by atoms with E-state index >= 15 is 0 Å². The molecule has 2 rings (SSSR count). The second-order valence-electron chi connectivity index (χ2n) is 3.78. The first-order valence-corrected chi connectivity index (χ1v) is 6.18. The molecule has 1 heterocycles. The zero-order valence-electron chi connectivity index (χ0n) is 8.76. The van der Waals surface area contributed by atoms with Gasteiger partial charge in [-0.15, -0.1) is 0 Å². The van der Waals surface area contributed by atoms with Crippen molar-refractivity contribution in [1.29, 1.82) is 0 Å². The highest BCUT2D eigenvalue weighted by atomic mass is 79.9. The Labute approximate surface area is 98.7 Å². The summed E-state index contributed by atoms with van der Waals surface area (Å²) in [5.74, 6) is 0. The fourth-order valence-electron chi connectivity index (χ4n) is 1.77. The first-order valence-electron chi connectivity index (χ1n) is 5.06. The maximum atomic E-state index is 3.48. The Morgan fingerprint density at radius 1 is 1.27 bits per heavy atom. The molecule has 78 valence electrons. The third-order valence-electron chi connectivity index (χ3n) is 2.54. The molecule has 0 aliphatic rings. The Bertz CT molecular complexity index is 445. The van der Waals surface area contributed by atoms with E-state index in [1.54, 1.807) is 0 Å². The van der Waals surface area contributed by atoms with E-state index in [-0.39, 0.29) is 0 Å². The molecule has 0 saturated heterocycles. The highest BCUT2D eigenvalue weighted by Crippen LogP contribution is 2.16. The summed E-state index contributed by atoms with van der Waals surface area (Å²) in [6, 6.07) is 10.8. The molecule has 0 radical (unpaired) electrons. The second-order valence-corrected chi connectivity index (χ2v) is 4.34. The van der Waals surface area contributed by atoms with Gasteiger partial charge in [0, 0.05) is 17.2 Å². The fourth-order valence-corrected chi connectivity index (χ4v) is 2.29. The van der Waals surface area contributed by atoms with Gasteiger partial charge < -0.3 is 4.98 Å². The van der Waals surface area contributed by atoms with Crippen LogP contribution in [0, 0.1) is 6.92 Å². The summed E-state index contributed by atoms with van der Waals surface area (Å²) in [6.45, 7) is 2.13. The van der Waals surface area contributed by atoms with E-state index < -0.39 is 0 Å². The molecule has 0 saturated carbocycles. The minimum Gasteiger partial charge on any atom is -0.364 e. The lowest BCUT2D eigenvalue weighted by molar-refractivity contribution is 1.12. The second kappa shape index (κ2) is 4.67. The number of benzene rings is 1. The van der Waals surface area contributed by atoms with Gasteiger partial charge >= 0.3 is 0 Å². The van der Waals surface area contributed by atoms with Gasteiger partial charge in [0.15, 0.2) is 0 Å². The van der Waals surface area contributed by atoms with Crippen molar-refractivity contribution in [2.24, 2.45) is 0 Å². The van der Waals surface area contributed by atoms with E-state index in [1.165, 1.54) is 22.4 Å². The highest BCUT2D eigenvalue weighted by Gasteiger charge is 2.03. The lowest BCUT2D eigenvalue weighted by Crippen LogP contribution is -1.91. The van der Waals surface area contributed by atoms with Gasteiger partial charge in [-0.05, 0) is 30.5 Å². The number of H-pyrrole nitrogens is 1. The zero-order chi connectivity index (χ0) is 10.7. The van der Waals surface area contributed by atoms with E-state index in [9.17, 15) is 0 Å². The summed E-state index contributed by atoms with van der Waals surface area (Å²) in [5, 5.41) is 0.890. The van der Waals surface area contributed by atoms with E-state index in [0.717, 1.165) is 11.8 Å². The summed E-state index contributed by atoms with van der Waals surface area (Å²) in [6.07, 6.45) is 3.01. The molecular weight excluding hydrogens is 250 g/mol. The van der Waals surface area contributed by atoms with Crippen LogP contribution in [0.25, 0.3) is 0 Å². The molecule has 0 aliphatic carbocycles. The summed E-state index contributed by atoms with van der Waals surface area (Å²) in [4.78, 5) is 3.24. The lowest BCUT2D eigenvalue weighted by atomic mass is 10.0. The Morgan fingerprint density at radius 3 is 2.87 bits per heavy atom. The monoisotopic (exact) mass is 263 g/mol. The predicted molar refractivity (Wildman–Crippen MR) is 67.4 cm³/mol. The van der Waals surface area contributed by atoms with Crippen LogP contribution in [0.2, 0.25) is 0 Å². The van der Waals surface area contributed by atoms with Gasteiger partial charge in [-0.1, -0.05) is 45.8 Å². The molecule has 0 atom stereocenters. The van der Waals surface area contributed by atoms with Crippen molar-refractivity contribution in [3.63, 3.8) is 0 Å². The number of aromatic amines is 1. The van der Waals surface area contributed by atoms with Crippen LogP contribution < -0.4 is 0 Å². The molecule has 2 heteroatoms. The van der Waals surface area contributed by atoms with Crippen LogP contribution >= 0.6 is 15.9 Å². The fraction of sp³-hybridized carbons (Fsp3) is 0.231. The van der Waals surface area contributed by atoms with E-state index in [4.69, 9.17) is 0 Å². The summed E-state index contributed by atoms with van der Waals surface area (Å²) < 4.78 is 0. The van der Waals surface area contributed by atoms with E-state index in [1.807, 2.05) is 6.20 Å². The van der Waals surface area contributed by atoms with Gasteiger partial charge in [0.1, 0.15) is 0 Å². The maximum absolute atomic E-state index is 3.48. The lowest BCUT2D eigenvalue weighted by Gasteiger charge is -2.03. The Morgan fingerprint density at radius 2 is 2.13 bits per heavy atom. The minimum atomic E-state index is 0.890. The number of aryl methyl sites for hydroxylation is 1. The molecule has 0 amide bonds. The smallest absolute Gasteiger partial charge is 0.0437 e. The molecule has 1 nitrogen and oxygen atoms in total. The normalized spacial score (nSPS) is 10.5. The van der Waals surface area contributed by atoms with Crippen LogP contribution in [0.3, 0.4) is 0 Å². The number of aromatic nitrogens is 1. The van der Waals surface area contributed by atoms with Crippen molar-refractivity contribution in [2.75, 3.05) is 0 Å². The highest BCUT2D eigenvalue weighted by molar-refractivity contribution is 9.08. The van der Waals surface area contributed by atoms with Gasteiger partial charge in [0.2, 0.25) is 0 Å². The van der Waals surface area contributed by atoms with Crippen LogP contribution in [0.4, 0.5) is 0 Å². The molecule has 1 aromatic carbocycles. The number of nitrogens with one attached hydrogen (secondary N) is 1. The van der Waals surface area contributed by atoms with Crippen molar-refractivity contribution < 1.29 is 0 Å². The number of rotatable bonds is 3. The molecule has 15 heavy (non-hydrogen) atoms. The molecule has 0 spiro atoms. The Balaban J connectivity index is 2.22. The standard InChI is InChI=1S/C13H14BrN/c1-10-3-2-4-11(7-10)8-12-5-6-15-13(12)9-14/h2-7,15H,8-9H2,1H3. The first kappa shape index (κ1) is 10.5. The Kier molecular flexibility index (Phi) is 3.27. The van der Waals surface area contributed by atoms with E-state index in [0.29, 0.717) is 0 Å². The number of halogens is 1. The summed E-state index contributed by atoms with van der Waals surface area (Å²) >= 11 is 3.48. The summed E-state index contributed by atoms with van der Waals surface area (Å²) in [5.41, 5.74) is 5.34.